The summed E-state index contributed by atoms with van der Waals surface area (Å²) in [4.78, 5) is 19.9. The molecule has 0 saturated heterocycles. The number of rotatable bonds is 5. The highest BCUT2D eigenvalue weighted by molar-refractivity contribution is 7.99. The number of nitrogens with one attached hydrogen (secondary N) is 1. The van der Waals surface area contributed by atoms with Gasteiger partial charge in [-0.05, 0) is 49.4 Å². The first kappa shape index (κ1) is 21.0. The molecule has 1 aliphatic carbocycles. The second-order valence-electron chi connectivity index (χ2n) is 7.38. The monoisotopic (exact) mass is 491 g/mol. The van der Waals surface area contributed by atoms with Crippen molar-refractivity contribution in [1.29, 1.82) is 0 Å². The van der Waals surface area contributed by atoms with Crippen molar-refractivity contribution in [2.75, 3.05) is 11.1 Å². The fourth-order valence-corrected chi connectivity index (χ4v) is 6.41. The number of carbonyl (C=O) groups is 1. The van der Waals surface area contributed by atoms with Gasteiger partial charge in [-0.25, -0.2) is 4.98 Å². The van der Waals surface area contributed by atoms with Gasteiger partial charge < -0.3 is 5.32 Å². The smallest absolute Gasteiger partial charge is 0.234 e. The number of aryl methyl sites for hydroxylation is 3. The minimum absolute atomic E-state index is 0.175. The van der Waals surface area contributed by atoms with Crippen molar-refractivity contribution in [3.63, 3.8) is 0 Å². The highest BCUT2D eigenvalue weighted by atomic mass is 35.5. The van der Waals surface area contributed by atoms with Crippen LogP contribution in [0.5, 0.6) is 0 Å². The molecule has 160 valence electrons. The van der Waals surface area contributed by atoms with E-state index in [9.17, 15) is 4.79 Å². The molecule has 0 aliphatic heterocycles. The van der Waals surface area contributed by atoms with Gasteiger partial charge in [0.15, 0.2) is 10.8 Å². The number of anilines is 1. The first-order valence-electron chi connectivity index (χ1n) is 10.1. The fourth-order valence-electron chi connectivity index (χ4n) is 3.93. The van der Waals surface area contributed by atoms with Gasteiger partial charge in [-0.3, -0.25) is 9.20 Å². The third kappa shape index (κ3) is 3.91. The molecule has 3 heterocycles. The molecule has 5 rings (SSSR count). The first-order valence-corrected chi connectivity index (χ1v) is 12.7. The molecule has 3 aromatic heterocycles. The van der Waals surface area contributed by atoms with E-state index in [1.165, 1.54) is 35.0 Å². The fraction of sp³-hybridized carbons (Fsp3) is 0.333. The van der Waals surface area contributed by atoms with E-state index in [0.717, 1.165) is 41.0 Å². The molecule has 1 aliphatic rings. The van der Waals surface area contributed by atoms with Crippen LogP contribution in [0.25, 0.3) is 15.9 Å². The third-order valence-electron chi connectivity index (χ3n) is 5.35. The van der Waals surface area contributed by atoms with E-state index in [0.29, 0.717) is 20.9 Å². The number of hydrogen-bond acceptors (Lipinski definition) is 6. The van der Waals surface area contributed by atoms with Crippen LogP contribution in [-0.4, -0.2) is 31.2 Å². The molecule has 1 aromatic carbocycles. The van der Waals surface area contributed by atoms with Crippen molar-refractivity contribution in [3.05, 3.63) is 44.5 Å². The molecule has 0 fully saturated rings. The molecule has 31 heavy (non-hydrogen) atoms. The van der Waals surface area contributed by atoms with Crippen LogP contribution < -0.4 is 5.32 Å². The van der Waals surface area contributed by atoms with E-state index in [4.69, 9.17) is 28.2 Å². The SMILES string of the molecule is CCc1nc2sc3c(c2c2nnc(SCC(=O)Nc4ccc(Cl)cc4Cl)n12)CCCC3. The molecule has 0 bridgehead atoms. The van der Waals surface area contributed by atoms with E-state index >= 15 is 0 Å². The molecule has 0 atom stereocenters. The Morgan fingerprint density at radius 3 is 2.90 bits per heavy atom. The Morgan fingerprint density at radius 1 is 1.26 bits per heavy atom. The van der Waals surface area contributed by atoms with E-state index in [-0.39, 0.29) is 11.7 Å². The summed E-state index contributed by atoms with van der Waals surface area (Å²) in [6.07, 6.45) is 5.37. The summed E-state index contributed by atoms with van der Waals surface area (Å²) in [5.74, 6) is 0.920. The van der Waals surface area contributed by atoms with Crippen LogP contribution in [0.15, 0.2) is 23.4 Å². The van der Waals surface area contributed by atoms with Crippen molar-refractivity contribution < 1.29 is 4.79 Å². The van der Waals surface area contributed by atoms with E-state index in [1.54, 1.807) is 29.5 Å². The lowest BCUT2D eigenvalue weighted by atomic mass is 9.97. The maximum absolute atomic E-state index is 12.5. The largest absolute Gasteiger partial charge is 0.324 e. The van der Waals surface area contributed by atoms with Crippen molar-refractivity contribution in [2.24, 2.45) is 0 Å². The van der Waals surface area contributed by atoms with Crippen molar-refractivity contribution in [3.8, 4) is 0 Å². The number of halogens is 2. The number of aromatic nitrogens is 4. The second-order valence-corrected chi connectivity index (χ2v) is 10.2. The predicted octanol–water partition coefficient (Wildman–Crippen LogP) is 5.82. The minimum atomic E-state index is -0.175. The summed E-state index contributed by atoms with van der Waals surface area (Å²) in [7, 11) is 0. The Morgan fingerprint density at radius 2 is 2.10 bits per heavy atom. The summed E-state index contributed by atoms with van der Waals surface area (Å²) in [6, 6.07) is 4.98. The van der Waals surface area contributed by atoms with Gasteiger partial charge in [0.2, 0.25) is 5.91 Å². The molecule has 0 saturated carbocycles. The minimum Gasteiger partial charge on any atom is -0.324 e. The summed E-state index contributed by atoms with van der Waals surface area (Å²) in [5.41, 5.74) is 2.76. The molecule has 6 nitrogen and oxygen atoms in total. The lowest BCUT2D eigenvalue weighted by molar-refractivity contribution is -0.113. The Labute approximate surface area is 197 Å². The maximum Gasteiger partial charge on any atom is 0.234 e. The lowest BCUT2D eigenvalue weighted by Crippen LogP contribution is -2.14. The summed E-state index contributed by atoms with van der Waals surface area (Å²) < 4.78 is 2.01. The molecule has 1 amide bonds. The second kappa shape index (κ2) is 8.58. The average molecular weight is 492 g/mol. The van der Waals surface area contributed by atoms with Crippen LogP contribution in [0.2, 0.25) is 10.0 Å². The van der Waals surface area contributed by atoms with Gasteiger partial charge in [-0.15, -0.1) is 21.5 Å². The Bertz CT molecular complexity index is 1320. The summed E-state index contributed by atoms with van der Waals surface area (Å²) in [5, 5.41) is 14.5. The zero-order valence-corrected chi connectivity index (χ0v) is 19.9. The lowest BCUT2D eigenvalue weighted by Gasteiger charge is -2.11. The normalized spacial score (nSPS) is 13.6. The van der Waals surface area contributed by atoms with E-state index in [2.05, 4.69) is 22.4 Å². The maximum atomic E-state index is 12.5. The summed E-state index contributed by atoms with van der Waals surface area (Å²) in [6.45, 7) is 2.07. The molecule has 1 N–H and O–H groups in total. The molecular formula is C21H19Cl2N5OS2. The Hall–Kier alpha value is -1.87. The number of carbonyl (C=O) groups excluding carboxylic acids is 1. The van der Waals surface area contributed by atoms with Gasteiger partial charge in [0, 0.05) is 16.3 Å². The quantitative estimate of drug-likeness (QED) is 0.356. The first-order chi connectivity index (χ1) is 15.0. The number of thioether (sulfide) groups is 1. The summed E-state index contributed by atoms with van der Waals surface area (Å²) >= 11 is 15.2. The van der Waals surface area contributed by atoms with Gasteiger partial charge in [0.05, 0.1) is 21.8 Å². The van der Waals surface area contributed by atoms with Gasteiger partial charge >= 0.3 is 0 Å². The number of fused-ring (bicyclic) bond motifs is 5. The highest BCUT2D eigenvalue weighted by Crippen LogP contribution is 2.38. The molecule has 0 radical (unpaired) electrons. The molecule has 4 aromatic rings. The third-order valence-corrected chi connectivity index (χ3v) is 8.01. The van der Waals surface area contributed by atoms with Crippen molar-refractivity contribution in [1.82, 2.24) is 19.6 Å². The number of hydrogen-bond donors (Lipinski definition) is 1. The van der Waals surface area contributed by atoms with Crippen LogP contribution in [0.4, 0.5) is 5.69 Å². The molecule has 0 unspecified atom stereocenters. The standard InChI is InChI=1S/C21H19Cl2N5OS2/c1-2-16-25-20-18(12-5-3-4-6-15(12)31-20)19-26-27-21(28(16)19)30-10-17(29)24-14-8-7-11(22)9-13(14)23/h7-9H,2-6,10H2,1H3,(H,24,29). The Kier molecular flexibility index (Phi) is 5.81. The zero-order chi connectivity index (χ0) is 21.5. The number of nitrogens with zero attached hydrogens (tertiary/aromatic N) is 4. The van der Waals surface area contributed by atoms with Gasteiger partial charge in [0.1, 0.15) is 10.7 Å². The zero-order valence-electron chi connectivity index (χ0n) is 16.7. The van der Waals surface area contributed by atoms with Gasteiger partial charge in [-0.2, -0.15) is 0 Å². The molecule has 10 heteroatoms. The van der Waals surface area contributed by atoms with Crippen LogP contribution in [0.1, 0.15) is 36.0 Å². The predicted molar refractivity (Wildman–Crippen MR) is 128 cm³/mol. The van der Waals surface area contributed by atoms with E-state index in [1.807, 2.05) is 4.40 Å². The average Bonchev–Trinajstić information content (AvgIpc) is 3.34. The van der Waals surface area contributed by atoms with Crippen LogP contribution in [-0.2, 0) is 24.1 Å². The van der Waals surface area contributed by atoms with Crippen LogP contribution >= 0.6 is 46.3 Å². The molecular weight excluding hydrogens is 473 g/mol. The van der Waals surface area contributed by atoms with E-state index < -0.39 is 0 Å². The van der Waals surface area contributed by atoms with Gasteiger partial charge in [-0.1, -0.05) is 41.9 Å². The van der Waals surface area contributed by atoms with Gasteiger partial charge in [0.25, 0.3) is 0 Å². The number of benzene rings is 1. The topological polar surface area (TPSA) is 72.2 Å². The van der Waals surface area contributed by atoms with Crippen molar-refractivity contribution >= 4 is 73.8 Å². The number of thiophene rings is 1. The number of amides is 1. The molecule has 0 spiro atoms. The van der Waals surface area contributed by atoms with Crippen molar-refractivity contribution in [2.45, 2.75) is 44.2 Å². The van der Waals surface area contributed by atoms with Crippen LogP contribution in [0, 0.1) is 0 Å². The highest BCUT2D eigenvalue weighted by Gasteiger charge is 2.23. The van der Waals surface area contributed by atoms with Crippen LogP contribution in [0.3, 0.4) is 0 Å². The Balaban J connectivity index is 1.44.